The van der Waals surface area contributed by atoms with Gasteiger partial charge in [0.15, 0.2) is 6.10 Å². The normalized spacial score (nSPS) is 25.0. The van der Waals surface area contributed by atoms with Crippen LogP contribution in [0.15, 0.2) is 48.5 Å². The lowest BCUT2D eigenvalue weighted by Crippen LogP contribution is -2.49. The van der Waals surface area contributed by atoms with Crippen molar-refractivity contribution >= 4 is 18.0 Å². The molecule has 35 heavy (non-hydrogen) atoms. The summed E-state index contributed by atoms with van der Waals surface area (Å²) < 4.78 is 11.2. The standard InChI is InChI=1S/C27H30N2O6/c30-25(28-14-16-6-5-11-17(16)26(31)32)24-23(12-13-34-24)29-27(33)35-15-22-20-9-3-1-7-18(20)19-8-2-4-10-21(19)22/h1-4,7-10,16-17,22-24H,5-6,11-15H2,(H,28,30)(H,29,33)(H,31,32). The predicted octanol–water partition coefficient (Wildman–Crippen LogP) is 3.30. The molecule has 8 nitrogen and oxygen atoms in total. The van der Waals surface area contributed by atoms with Crippen molar-refractivity contribution in [3.8, 4) is 11.1 Å². The molecule has 4 atom stereocenters. The van der Waals surface area contributed by atoms with Crippen LogP contribution < -0.4 is 10.6 Å². The Morgan fingerprint density at radius 1 is 0.971 bits per heavy atom. The number of ether oxygens (including phenoxy) is 2. The molecule has 2 aliphatic carbocycles. The first-order chi connectivity index (χ1) is 17.0. The second kappa shape index (κ2) is 10.1. The van der Waals surface area contributed by atoms with Crippen LogP contribution in [0.5, 0.6) is 0 Å². The Kier molecular flexibility index (Phi) is 6.72. The number of rotatable bonds is 7. The summed E-state index contributed by atoms with van der Waals surface area (Å²) in [5.41, 5.74) is 4.58. The van der Waals surface area contributed by atoms with Crippen molar-refractivity contribution in [1.82, 2.24) is 10.6 Å². The van der Waals surface area contributed by atoms with Crippen molar-refractivity contribution in [2.45, 2.75) is 43.7 Å². The lowest BCUT2D eigenvalue weighted by atomic mass is 9.96. The van der Waals surface area contributed by atoms with E-state index in [0.717, 1.165) is 35.1 Å². The lowest BCUT2D eigenvalue weighted by Gasteiger charge is -2.22. The summed E-state index contributed by atoms with van der Waals surface area (Å²) in [5.74, 6) is -1.68. The van der Waals surface area contributed by atoms with E-state index in [2.05, 4.69) is 34.9 Å². The number of carbonyl (C=O) groups excluding carboxylic acids is 2. The van der Waals surface area contributed by atoms with Gasteiger partial charge in [0.1, 0.15) is 6.61 Å². The Labute approximate surface area is 204 Å². The number of benzene rings is 2. The molecule has 2 amide bonds. The maximum Gasteiger partial charge on any atom is 0.407 e. The van der Waals surface area contributed by atoms with Gasteiger partial charge in [0.25, 0.3) is 5.91 Å². The maximum absolute atomic E-state index is 12.7. The Morgan fingerprint density at radius 3 is 2.34 bits per heavy atom. The zero-order chi connectivity index (χ0) is 24.4. The average molecular weight is 479 g/mol. The minimum atomic E-state index is -0.819. The van der Waals surface area contributed by atoms with E-state index in [0.29, 0.717) is 26.0 Å². The summed E-state index contributed by atoms with van der Waals surface area (Å²) in [6.07, 6.45) is 1.38. The molecule has 1 heterocycles. The van der Waals surface area contributed by atoms with Crippen LogP contribution >= 0.6 is 0 Å². The molecule has 3 N–H and O–H groups in total. The van der Waals surface area contributed by atoms with Gasteiger partial charge in [-0.1, -0.05) is 55.0 Å². The molecule has 0 bridgehead atoms. The minimum Gasteiger partial charge on any atom is -0.481 e. The topological polar surface area (TPSA) is 114 Å². The molecule has 1 aliphatic heterocycles. The van der Waals surface area contributed by atoms with E-state index in [9.17, 15) is 19.5 Å². The highest BCUT2D eigenvalue weighted by atomic mass is 16.6. The van der Waals surface area contributed by atoms with Gasteiger partial charge in [-0.05, 0) is 47.4 Å². The molecule has 0 radical (unpaired) electrons. The summed E-state index contributed by atoms with van der Waals surface area (Å²) >= 11 is 0. The summed E-state index contributed by atoms with van der Waals surface area (Å²) in [6.45, 7) is 0.851. The number of amides is 2. The van der Waals surface area contributed by atoms with Gasteiger partial charge < -0.3 is 25.2 Å². The van der Waals surface area contributed by atoms with E-state index in [1.54, 1.807) is 0 Å². The fourth-order valence-corrected chi connectivity index (χ4v) is 5.73. The molecule has 4 unspecified atom stereocenters. The summed E-state index contributed by atoms with van der Waals surface area (Å²) in [4.78, 5) is 36.8. The third-order valence-corrected chi connectivity index (χ3v) is 7.51. The SMILES string of the molecule is O=C(NC1CCOC1C(=O)NCC1CCCC1C(=O)O)OCC1c2ccccc2-c2ccccc21. The number of aliphatic carboxylic acids is 1. The second-order valence-corrected chi connectivity index (χ2v) is 9.54. The average Bonchev–Trinajstić information content (AvgIpc) is 3.59. The molecular formula is C27H30N2O6. The lowest BCUT2D eigenvalue weighted by molar-refractivity contribution is -0.143. The molecule has 2 fully saturated rings. The largest absolute Gasteiger partial charge is 0.481 e. The van der Waals surface area contributed by atoms with Crippen LogP contribution in [0.2, 0.25) is 0 Å². The Morgan fingerprint density at radius 2 is 1.66 bits per heavy atom. The molecule has 2 aromatic rings. The highest BCUT2D eigenvalue weighted by molar-refractivity contribution is 5.83. The van der Waals surface area contributed by atoms with Crippen molar-refractivity contribution < 1.29 is 29.0 Å². The van der Waals surface area contributed by atoms with Crippen LogP contribution in [0.4, 0.5) is 4.79 Å². The number of carboxylic acids is 1. The van der Waals surface area contributed by atoms with Crippen molar-refractivity contribution in [3.05, 3.63) is 59.7 Å². The highest BCUT2D eigenvalue weighted by Gasteiger charge is 2.38. The third kappa shape index (κ3) is 4.75. The number of carboxylic acid groups (broad SMARTS) is 1. The van der Waals surface area contributed by atoms with Crippen LogP contribution in [0, 0.1) is 11.8 Å². The number of alkyl carbamates (subject to hydrolysis) is 1. The van der Waals surface area contributed by atoms with E-state index in [4.69, 9.17) is 9.47 Å². The highest BCUT2D eigenvalue weighted by Crippen LogP contribution is 2.44. The van der Waals surface area contributed by atoms with Gasteiger partial charge in [0, 0.05) is 19.1 Å². The van der Waals surface area contributed by atoms with Crippen LogP contribution in [-0.4, -0.2) is 55.0 Å². The Hall–Kier alpha value is -3.39. The third-order valence-electron chi connectivity index (χ3n) is 7.51. The summed E-state index contributed by atoms with van der Waals surface area (Å²) in [7, 11) is 0. The first-order valence-electron chi connectivity index (χ1n) is 12.3. The maximum atomic E-state index is 12.7. The van der Waals surface area contributed by atoms with Gasteiger partial charge in [-0.15, -0.1) is 0 Å². The second-order valence-electron chi connectivity index (χ2n) is 9.54. The van der Waals surface area contributed by atoms with Gasteiger partial charge in [0.2, 0.25) is 0 Å². The number of hydrogen-bond donors (Lipinski definition) is 3. The number of fused-ring (bicyclic) bond motifs is 3. The summed E-state index contributed by atoms with van der Waals surface area (Å²) in [5, 5.41) is 15.0. The van der Waals surface area contributed by atoms with Gasteiger partial charge in [-0.3, -0.25) is 9.59 Å². The fourth-order valence-electron chi connectivity index (χ4n) is 5.73. The zero-order valence-electron chi connectivity index (χ0n) is 19.4. The molecule has 3 aliphatic rings. The van der Waals surface area contributed by atoms with E-state index in [1.807, 2.05) is 24.3 Å². The Balaban J connectivity index is 1.15. The van der Waals surface area contributed by atoms with E-state index < -0.39 is 30.1 Å². The van der Waals surface area contributed by atoms with Crippen molar-refractivity contribution in [1.29, 1.82) is 0 Å². The molecule has 5 rings (SSSR count). The van der Waals surface area contributed by atoms with Crippen molar-refractivity contribution in [3.63, 3.8) is 0 Å². The van der Waals surface area contributed by atoms with Crippen LogP contribution in [0.25, 0.3) is 11.1 Å². The molecule has 1 saturated carbocycles. The molecule has 0 aromatic heterocycles. The number of carbonyl (C=O) groups is 3. The number of nitrogens with one attached hydrogen (secondary N) is 2. The van der Waals surface area contributed by atoms with Gasteiger partial charge in [-0.2, -0.15) is 0 Å². The Bertz CT molecular complexity index is 1070. The van der Waals surface area contributed by atoms with Gasteiger partial charge in [0.05, 0.1) is 12.0 Å². The van der Waals surface area contributed by atoms with Crippen LogP contribution in [0.3, 0.4) is 0 Å². The minimum absolute atomic E-state index is 0.0410. The predicted molar refractivity (Wildman–Crippen MR) is 128 cm³/mol. The molecule has 1 saturated heterocycles. The molecule has 184 valence electrons. The molecular weight excluding hydrogens is 448 g/mol. The first-order valence-corrected chi connectivity index (χ1v) is 12.3. The van der Waals surface area contributed by atoms with Crippen molar-refractivity contribution in [2.75, 3.05) is 19.8 Å². The molecule has 2 aromatic carbocycles. The van der Waals surface area contributed by atoms with Crippen LogP contribution in [0.1, 0.15) is 42.7 Å². The monoisotopic (exact) mass is 478 g/mol. The van der Waals surface area contributed by atoms with Crippen LogP contribution in [-0.2, 0) is 19.1 Å². The summed E-state index contributed by atoms with van der Waals surface area (Å²) in [6, 6.07) is 15.8. The van der Waals surface area contributed by atoms with E-state index in [-0.39, 0.29) is 24.3 Å². The molecule has 0 spiro atoms. The zero-order valence-corrected chi connectivity index (χ0v) is 19.4. The molecule has 8 heteroatoms. The van der Waals surface area contributed by atoms with Crippen molar-refractivity contribution in [2.24, 2.45) is 11.8 Å². The van der Waals surface area contributed by atoms with Gasteiger partial charge in [-0.25, -0.2) is 4.79 Å². The smallest absolute Gasteiger partial charge is 0.407 e. The van der Waals surface area contributed by atoms with E-state index >= 15 is 0 Å². The number of hydrogen-bond acceptors (Lipinski definition) is 5. The van der Waals surface area contributed by atoms with Gasteiger partial charge >= 0.3 is 12.1 Å². The first kappa shape index (κ1) is 23.4. The fraction of sp³-hybridized carbons (Fsp3) is 0.444. The van der Waals surface area contributed by atoms with E-state index in [1.165, 1.54) is 0 Å². The quantitative estimate of drug-likeness (QED) is 0.563.